The van der Waals surface area contributed by atoms with Crippen LogP contribution in [0, 0.1) is 6.92 Å². The van der Waals surface area contributed by atoms with Crippen LogP contribution in [0.4, 0.5) is 0 Å². The first-order valence-corrected chi connectivity index (χ1v) is 7.20. The van der Waals surface area contributed by atoms with E-state index in [-0.39, 0.29) is 12.5 Å². The Balaban J connectivity index is 2.25. The Morgan fingerprint density at radius 3 is 2.57 bits per heavy atom. The Kier molecular flexibility index (Phi) is 5.37. The van der Waals surface area contributed by atoms with Crippen LogP contribution in [0.1, 0.15) is 21.5 Å². The maximum atomic E-state index is 12.7. The lowest BCUT2D eigenvalue weighted by Crippen LogP contribution is -2.33. The van der Waals surface area contributed by atoms with E-state index in [1.165, 1.54) is 0 Å². The molecule has 0 saturated heterocycles. The number of rotatable bonds is 5. The van der Waals surface area contributed by atoms with Gasteiger partial charge in [0.15, 0.2) is 0 Å². The Labute approximate surface area is 129 Å². The summed E-state index contributed by atoms with van der Waals surface area (Å²) < 4.78 is 0. The molecule has 0 aromatic heterocycles. The number of nitrogens with zero attached hydrogens (tertiary/aromatic N) is 1. The van der Waals surface area contributed by atoms with Crippen molar-refractivity contribution < 1.29 is 9.90 Å². The van der Waals surface area contributed by atoms with Crippen molar-refractivity contribution in [3.8, 4) is 0 Å². The quantitative estimate of drug-likeness (QED) is 0.921. The molecule has 0 aliphatic carbocycles. The molecule has 2 aromatic rings. The van der Waals surface area contributed by atoms with Gasteiger partial charge < -0.3 is 10.0 Å². The van der Waals surface area contributed by atoms with Crippen LogP contribution in [0.2, 0.25) is 5.02 Å². The van der Waals surface area contributed by atoms with Crippen LogP contribution in [0.25, 0.3) is 0 Å². The van der Waals surface area contributed by atoms with Crippen molar-refractivity contribution in [2.45, 2.75) is 13.5 Å². The van der Waals surface area contributed by atoms with Crippen LogP contribution in [0.15, 0.2) is 48.5 Å². The number of hydrogen-bond acceptors (Lipinski definition) is 2. The second kappa shape index (κ2) is 7.25. The second-order valence-corrected chi connectivity index (χ2v) is 5.33. The molecule has 21 heavy (non-hydrogen) atoms. The summed E-state index contributed by atoms with van der Waals surface area (Å²) >= 11 is 5.98. The molecule has 0 aliphatic rings. The van der Waals surface area contributed by atoms with Gasteiger partial charge in [-0.15, -0.1) is 0 Å². The largest absolute Gasteiger partial charge is 0.395 e. The van der Waals surface area contributed by atoms with Crippen LogP contribution in [0.3, 0.4) is 0 Å². The molecule has 4 heteroatoms. The molecule has 0 spiro atoms. The van der Waals surface area contributed by atoms with Crippen LogP contribution in [0.5, 0.6) is 0 Å². The highest BCUT2D eigenvalue weighted by Gasteiger charge is 2.18. The number of halogens is 1. The summed E-state index contributed by atoms with van der Waals surface area (Å²) in [5.41, 5.74) is 2.48. The van der Waals surface area contributed by atoms with Gasteiger partial charge in [-0.3, -0.25) is 4.79 Å². The Morgan fingerprint density at radius 2 is 1.90 bits per heavy atom. The number of aliphatic hydroxyl groups excluding tert-OH is 1. The Bertz CT molecular complexity index is 613. The fourth-order valence-corrected chi connectivity index (χ4v) is 2.34. The molecule has 0 saturated carbocycles. The van der Waals surface area contributed by atoms with E-state index in [9.17, 15) is 9.90 Å². The zero-order valence-corrected chi connectivity index (χ0v) is 12.7. The highest BCUT2D eigenvalue weighted by Crippen LogP contribution is 2.18. The molecule has 2 aromatic carbocycles. The lowest BCUT2D eigenvalue weighted by atomic mass is 10.1. The first-order valence-electron chi connectivity index (χ1n) is 6.82. The molecule has 0 atom stereocenters. The maximum absolute atomic E-state index is 12.7. The minimum Gasteiger partial charge on any atom is -0.395 e. The number of amides is 1. The maximum Gasteiger partial charge on any atom is 0.254 e. The van der Waals surface area contributed by atoms with E-state index >= 15 is 0 Å². The van der Waals surface area contributed by atoms with Gasteiger partial charge in [-0.1, -0.05) is 48.0 Å². The van der Waals surface area contributed by atoms with Gasteiger partial charge in [0, 0.05) is 23.7 Å². The molecule has 0 heterocycles. The normalized spacial score (nSPS) is 10.4. The molecule has 0 fully saturated rings. The van der Waals surface area contributed by atoms with E-state index in [1.54, 1.807) is 17.0 Å². The van der Waals surface area contributed by atoms with Gasteiger partial charge in [-0.05, 0) is 30.2 Å². The highest BCUT2D eigenvalue weighted by molar-refractivity contribution is 6.31. The monoisotopic (exact) mass is 303 g/mol. The SMILES string of the molecule is Cc1ccc(Cl)cc1C(=O)N(CCO)Cc1ccccc1. The van der Waals surface area contributed by atoms with Crippen molar-refractivity contribution >= 4 is 17.5 Å². The van der Waals surface area contributed by atoms with Crippen LogP contribution in [-0.4, -0.2) is 29.1 Å². The fourth-order valence-electron chi connectivity index (χ4n) is 2.17. The number of hydrogen-bond donors (Lipinski definition) is 1. The van der Waals surface area contributed by atoms with Crippen molar-refractivity contribution in [2.24, 2.45) is 0 Å². The first-order chi connectivity index (χ1) is 10.1. The van der Waals surface area contributed by atoms with Gasteiger partial charge in [0.05, 0.1) is 6.61 Å². The summed E-state index contributed by atoms with van der Waals surface area (Å²) in [4.78, 5) is 14.3. The van der Waals surface area contributed by atoms with Crippen LogP contribution >= 0.6 is 11.6 Å². The zero-order valence-electron chi connectivity index (χ0n) is 11.9. The Morgan fingerprint density at radius 1 is 1.19 bits per heavy atom. The standard InChI is InChI=1S/C17H18ClNO2/c1-13-7-8-15(18)11-16(13)17(21)19(9-10-20)12-14-5-3-2-4-6-14/h2-8,11,20H,9-10,12H2,1H3. The molecule has 0 unspecified atom stereocenters. The van der Waals surface area contributed by atoms with Crippen LogP contribution < -0.4 is 0 Å². The smallest absolute Gasteiger partial charge is 0.254 e. The van der Waals surface area contributed by atoms with E-state index in [2.05, 4.69) is 0 Å². The lowest BCUT2D eigenvalue weighted by molar-refractivity contribution is 0.0707. The summed E-state index contributed by atoms with van der Waals surface area (Å²) in [5, 5.41) is 9.75. The number of aliphatic hydroxyl groups is 1. The molecule has 1 N–H and O–H groups in total. The lowest BCUT2D eigenvalue weighted by Gasteiger charge is -2.23. The summed E-state index contributed by atoms with van der Waals surface area (Å²) in [6, 6.07) is 15.0. The average molecular weight is 304 g/mol. The van der Waals surface area contributed by atoms with Gasteiger partial charge in [0.2, 0.25) is 0 Å². The second-order valence-electron chi connectivity index (χ2n) is 4.90. The summed E-state index contributed by atoms with van der Waals surface area (Å²) in [6.45, 7) is 2.56. The van der Waals surface area contributed by atoms with Gasteiger partial charge in [0.25, 0.3) is 5.91 Å². The molecule has 110 valence electrons. The number of benzene rings is 2. The number of carbonyl (C=O) groups excluding carboxylic acids is 1. The summed E-state index contributed by atoms with van der Waals surface area (Å²) in [5.74, 6) is -0.118. The fraction of sp³-hybridized carbons (Fsp3) is 0.235. The van der Waals surface area contributed by atoms with Crippen molar-refractivity contribution in [3.05, 3.63) is 70.2 Å². The summed E-state index contributed by atoms with van der Waals surface area (Å²) in [6.07, 6.45) is 0. The number of aryl methyl sites for hydroxylation is 1. The van der Waals surface area contributed by atoms with Gasteiger partial charge in [0.1, 0.15) is 0 Å². The van der Waals surface area contributed by atoms with Crippen LogP contribution in [-0.2, 0) is 6.54 Å². The topological polar surface area (TPSA) is 40.5 Å². The predicted octanol–water partition coefficient (Wildman–Crippen LogP) is 3.28. The molecule has 1 amide bonds. The third-order valence-corrected chi connectivity index (χ3v) is 3.54. The molecule has 0 aliphatic heterocycles. The minimum absolute atomic E-state index is 0.0712. The molecule has 0 radical (unpaired) electrons. The van der Waals surface area contributed by atoms with Gasteiger partial charge in [-0.2, -0.15) is 0 Å². The van der Waals surface area contributed by atoms with E-state index in [0.29, 0.717) is 23.7 Å². The predicted molar refractivity (Wildman–Crippen MR) is 84.5 cm³/mol. The average Bonchev–Trinajstić information content (AvgIpc) is 2.49. The summed E-state index contributed by atoms with van der Waals surface area (Å²) in [7, 11) is 0. The highest BCUT2D eigenvalue weighted by atomic mass is 35.5. The van der Waals surface area contributed by atoms with Gasteiger partial charge >= 0.3 is 0 Å². The minimum atomic E-state index is -0.118. The Hall–Kier alpha value is -1.84. The molecular formula is C17H18ClNO2. The van der Waals surface area contributed by atoms with Crippen molar-refractivity contribution in [2.75, 3.05) is 13.2 Å². The third-order valence-electron chi connectivity index (χ3n) is 3.30. The molecule has 3 nitrogen and oxygen atoms in total. The van der Waals surface area contributed by atoms with Crippen molar-refractivity contribution in [1.29, 1.82) is 0 Å². The first kappa shape index (κ1) is 15.5. The molecule has 0 bridgehead atoms. The zero-order chi connectivity index (χ0) is 15.2. The van der Waals surface area contributed by atoms with E-state index < -0.39 is 0 Å². The van der Waals surface area contributed by atoms with E-state index in [4.69, 9.17) is 11.6 Å². The third kappa shape index (κ3) is 4.06. The number of carbonyl (C=O) groups is 1. The van der Waals surface area contributed by atoms with E-state index in [0.717, 1.165) is 11.1 Å². The molecular weight excluding hydrogens is 286 g/mol. The van der Waals surface area contributed by atoms with E-state index in [1.807, 2.05) is 43.3 Å². The van der Waals surface area contributed by atoms with Gasteiger partial charge in [-0.25, -0.2) is 0 Å². The molecule has 2 rings (SSSR count). The van der Waals surface area contributed by atoms with Crippen molar-refractivity contribution in [1.82, 2.24) is 4.90 Å². The van der Waals surface area contributed by atoms with Crippen molar-refractivity contribution in [3.63, 3.8) is 0 Å².